The Morgan fingerprint density at radius 3 is 2.80 bits per heavy atom. The molecule has 0 spiro atoms. The second-order valence-corrected chi connectivity index (χ2v) is 5.55. The molecule has 1 unspecified atom stereocenters. The van der Waals surface area contributed by atoms with Gasteiger partial charge in [-0.2, -0.15) is 0 Å². The van der Waals surface area contributed by atoms with Gasteiger partial charge in [0.1, 0.15) is 5.69 Å². The van der Waals surface area contributed by atoms with Gasteiger partial charge in [0, 0.05) is 18.0 Å². The summed E-state index contributed by atoms with van der Waals surface area (Å²) in [5.74, 6) is -0.202. The number of nitrogens with one attached hydrogen (secondary N) is 1. The van der Waals surface area contributed by atoms with Gasteiger partial charge in [0.15, 0.2) is 0 Å². The number of amides is 1. The fourth-order valence-corrected chi connectivity index (χ4v) is 2.40. The zero-order chi connectivity index (χ0) is 14.7. The third kappa shape index (κ3) is 3.46. The molecule has 1 aromatic carbocycles. The van der Waals surface area contributed by atoms with Crippen LogP contribution >= 0.6 is 11.6 Å². The standard InChI is InChI=1S/C15H18ClN3O/c1-10(9-19(2)3)17-15(20)14-8-12(16)11-6-4-5-7-13(11)18-14/h4-8,10H,9H2,1-3H3,(H,17,20). The molecule has 0 saturated carbocycles. The highest BCUT2D eigenvalue weighted by molar-refractivity contribution is 6.35. The van der Waals surface area contributed by atoms with Crippen molar-refractivity contribution >= 4 is 28.4 Å². The van der Waals surface area contributed by atoms with Gasteiger partial charge in [-0.1, -0.05) is 29.8 Å². The van der Waals surface area contributed by atoms with E-state index in [0.717, 1.165) is 17.4 Å². The van der Waals surface area contributed by atoms with Crippen LogP contribution in [0.15, 0.2) is 30.3 Å². The van der Waals surface area contributed by atoms with E-state index in [4.69, 9.17) is 11.6 Å². The van der Waals surface area contributed by atoms with Crippen LogP contribution in [-0.4, -0.2) is 42.5 Å². The van der Waals surface area contributed by atoms with Gasteiger partial charge >= 0.3 is 0 Å². The van der Waals surface area contributed by atoms with E-state index in [0.29, 0.717) is 10.7 Å². The van der Waals surface area contributed by atoms with Gasteiger partial charge in [0.05, 0.1) is 10.5 Å². The lowest BCUT2D eigenvalue weighted by Gasteiger charge is -2.18. The minimum absolute atomic E-state index is 0.0459. The number of likely N-dealkylation sites (N-methyl/N-ethyl adjacent to an activating group) is 1. The van der Waals surface area contributed by atoms with Crippen LogP contribution in [0.5, 0.6) is 0 Å². The number of rotatable bonds is 4. The molecule has 0 bridgehead atoms. The first-order chi connectivity index (χ1) is 9.47. The Kier molecular flexibility index (Phi) is 4.57. The Balaban J connectivity index is 2.22. The van der Waals surface area contributed by atoms with Gasteiger partial charge in [-0.05, 0) is 33.2 Å². The summed E-state index contributed by atoms with van der Waals surface area (Å²) < 4.78 is 0. The van der Waals surface area contributed by atoms with E-state index in [1.54, 1.807) is 6.07 Å². The molecule has 5 heteroatoms. The Morgan fingerprint density at radius 1 is 1.40 bits per heavy atom. The first kappa shape index (κ1) is 14.8. The first-order valence-corrected chi connectivity index (χ1v) is 6.86. The number of halogens is 1. The molecule has 2 rings (SSSR count). The van der Waals surface area contributed by atoms with Crippen molar-refractivity contribution in [1.29, 1.82) is 0 Å². The minimum atomic E-state index is -0.202. The molecule has 1 aromatic heterocycles. The number of carbonyl (C=O) groups excluding carboxylic acids is 1. The highest BCUT2D eigenvalue weighted by atomic mass is 35.5. The van der Waals surface area contributed by atoms with Gasteiger partial charge < -0.3 is 10.2 Å². The summed E-state index contributed by atoms with van der Waals surface area (Å²) in [6, 6.07) is 9.17. The lowest BCUT2D eigenvalue weighted by Crippen LogP contribution is -2.39. The molecule has 0 fully saturated rings. The topological polar surface area (TPSA) is 45.2 Å². The fourth-order valence-electron chi connectivity index (χ4n) is 2.14. The Morgan fingerprint density at radius 2 is 2.10 bits per heavy atom. The summed E-state index contributed by atoms with van der Waals surface area (Å²) in [4.78, 5) is 18.6. The maximum Gasteiger partial charge on any atom is 0.270 e. The van der Waals surface area contributed by atoms with Crippen molar-refractivity contribution in [1.82, 2.24) is 15.2 Å². The molecule has 2 aromatic rings. The number of carbonyl (C=O) groups is 1. The normalized spacial score (nSPS) is 12.7. The SMILES string of the molecule is CC(CN(C)C)NC(=O)c1cc(Cl)c2ccccc2n1. The largest absolute Gasteiger partial charge is 0.347 e. The van der Waals surface area contributed by atoms with E-state index in [9.17, 15) is 4.79 Å². The number of para-hydroxylation sites is 1. The molecular weight excluding hydrogens is 274 g/mol. The number of benzene rings is 1. The van der Waals surface area contributed by atoms with Crippen molar-refractivity contribution < 1.29 is 4.79 Å². The number of pyridine rings is 1. The van der Waals surface area contributed by atoms with Crippen molar-refractivity contribution in [2.75, 3.05) is 20.6 Å². The van der Waals surface area contributed by atoms with Crippen LogP contribution in [0.2, 0.25) is 5.02 Å². The minimum Gasteiger partial charge on any atom is -0.347 e. The molecule has 1 N–H and O–H groups in total. The molecule has 1 atom stereocenters. The van der Waals surface area contributed by atoms with Crippen LogP contribution in [0.3, 0.4) is 0 Å². The van der Waals surface area contributed by atoms with Crippen LogP contribution in [-0.2, 0) is 0 Å². The fraction of sp³-hybridized carbons (Fsp3) is 0.333. The molecular formula is C15H18ClN3O. The van der Waals surface area contributed by atoms with Crippen LogP contribution in [0.1, 0.15) is 17.4 Å². The number of aromatic nitrogens is 1. The lowest BCUT2D eigenvalue weighted by molar-refractivity contribution is 0.0929. The number of fused-ring (bicyclic) bond motifs is 1. The van der Waals surface area contributed by atoms with Gasteiger partial charge in [-0.15, -0.1) is 0 Å². The molecule has 0 aliphatic carbocycles. The second-order valence-electron chi connectivity index (χ2n) is 5.14. The zero-order valence-corrected chi connectivity index (χ0v) is 12.6. The summed E-state index contributed by atoms with van der Waals surface area (Å²) >= 11 is 6.20. The van der Waals surface area contributed by atoms with E-state index in [-0.39, 0.29) is 11.9 Å². The summed E-state index contributed by atoms with van der Waals surface area (Å²) in [5.41, 5.74) is 1.07. The molecule has 4 nitrogen and oxygen atoms in total. The number of hydrogen-bond donors (Lipinski definition) is 1. The van der Waals surface area contributed by atoms with Gasteiger partial charge in [0.25, 0.3) is 5.91 Å². The van der Waals surface area contributed by atoms with Crippen molar-refractivity contribution in [3.05, 3.63) is 41.0 Å². The van der Waals surface area contributed by atoms with Crippen molar-refractivity contribution in [2.24, 2.45) is 0 Å². The quantitative estimate of drug-likeness (QED) is 0.942. The van der Waals surface area contributed by atoms with Crippen molar-refractivity contribution in [3.8, 4) is 0 Å². The number of hydrogen-bond acceptors (Lipinski definition) is 3. The molecule has 106 valence electrons. The van der Waals surface area contributed by atoms with Crippen LogP contribution in [0.25, 0.3) is 10.9 Å². The van der Waals surface area contributed by atoms with Crippen molar-refractivity contribution in [3.63, 3.8) is 0 Å². The van der Waals surface area contributed by atoms with Crippen LogP contribution in [0, 0.1) is 0 Å². The van der Waals surface area contributed by atoms with Gasteiger partial charge in [-0.3, -0.25) is 4.79 Å². The lowest BCUT2D eigenvalue weighted by atomic mass is 10.2. The zero-order valence-electron chi connectivity index (χ0n) is 11.9. The number of nitrogens with zero attached hydrogens (tertiary/aromatic N) is 2. The van der Waals surface area contributed by atoms with Crippen LogP contribution < -0.4 is 5.32 Å². The average molecular weight is 292 g/mol. The summed E-state index contributed by atoms with van der Waals surface area (Å²) in [7, 11) is 3.93. The molecule has 0 aliphatic heterocycles. The van der Waals surface area contributed by atoms with E-state index in [1.165, 1.54) is 0 Å². The third-order valence-electron chi connectivity index (χ3n) is 2.91. The monoisotopic (exact) mass is 291 g/mol. The average Bonchev–Trinajstić information content (AvgIpc) is 2.37. The van der Waals surface area contributed by atoms with Gasteiger partial charge in [0.2, 0.25) is 0 Å². The molecule has 0 saturated heterocycles. The highest BCUT2D eigenvalue weighted by Crippen LogP contribution is 2.22. The first-order valence-electron chi connectivity index (χ1n) is 6.48. The Bertz CT molecular complexity index is 628. The Hall–Kier alpha value is -1.65. The van der Waals surface area contributed by atoms with E-state index in [2.05, 4.69) is 10.3 Å². The molecule has 0 radical (unpaired) electrons. The summed E-state index contributed by atoms with van der Waals surface area (Å²) in [5, 5.41) is 4.31. The predicted octanol–water partition coefficient (Wildman–Crippen LogP) is 2.57. The summed E-state index contributed by atoms with van der Waals surface area (Å²) in [6.45, 7) is 2.73. The summed E-state index contributed by atoms with van der Waals surface area (Å²) in [6.07, 6.45) is 0. The van der Waals surface area contributed by atoms with E-state index in [1.807, 2.05) is 50.2 Å². The molecule has 0 aliphatic rings. The smallest absolute Gasteiger partial charge is 0.270 e. The molecule has 1 amide bonds. The van der Waals surface area contributed by atoms with Crippen LogP contribution in [0.4, 0.5) is 0 Å². The van der Waals surface area contributed by atoms with Gasteiger partial charge in [-0.25, -0.2) is 4.98 Å². The predicted molar refractivity (Wildman–Crippen MR) is 82.2 cm³/mol. The maximum absolute atomic E-state index is 12.2. The van der Waals surface area contributed by atoms with Crippen molar-refractivity contribution in [2.45, 2.75) is 13.0 Å². The maximum atomic E-state index is 12.2. The van der Waals surface area contributed by atoms with E-state index >= 15 is 0 Å². The van der Waals surface area contributed by atoms with E-state index < -0.39 is 0 Å². The highest BCUT2D eigenvalue weighted by Gasteiger charge is 2.14. The second kappa shape index (κ2) is 6.20. The molecule has 20 heavy (non-hydrogen) atoms. The molecule has 1 heterocycles. The third-order valence-corrected chi connectivity index (χ3v) is 3.23. The Labute approximate surface area is 123 Å².